The molecule has 0 fully saturated rings. The van der Waals surface area contributed by atoms with Crippen LogP contribution in [0.25, 0.3) is 0 Å². The molecule has 3 atom stereocenters. The fourth-order valence-corrected chi connectivity index (χ4v) is 4.57. The molecule has 53 heavy (non-hydrogen) atoms. The average molecular weight is 741 g/mol. The van der Waals surface area contributed by atoms with E-state index in [1.54, 1.807) is 30.3 Å². The van der Waals surface area contributed by atoms with Gasteiger partial charge in [-0.3, -0.25) is 28.8 Å². The van der Waals surface area contributed by atoms with E-state index in [0.717, 1.165) is 24.3 Å². The summed E-state index contributed by atoms with van der Waals surface area (Å²) in [6.07, 6.45) is 0.727. The number of para-hydroxylation sites is 1. The molecule has 1 heterocycles. The Morgan fingerprint density at radius 2 is 1.13 bits per heavy atom. The summed E-state index contributed by atoms with van der Waals surface area (Å²) in [4.78, 5) is 71.2. The van der Waals surface area contributed by atoms with E-state index in [-0.39, 0.29) is 36.3 Å². The van der Waals surface area contributed by atoms with Crippen molar-refractivity contribution < 1.29 is 50.7 Å². The lowest BCUT2D eigenvalue weighted by atomic mass is 10.1. The molecule has 1 aromatic heterocycles. The van der Waals surface area contributed by atoms with Crippen molar-refractivity contribution in [3.8, 4) is 0 Å². The predicted octanol–water partition coefficient (Wildman–Crippen LogP) is 2.71. The minimum atomic E-state index is -1.19. The molecule has 7 N–H and O–H groups in total. The third-order valence-electron chi connectivity index (χ3n) is 7.00. The second-order valence-electron chi connectivity index (χ2n) is 11.5. The first-order valence-electron chi connectivity index (χ1n) is 15.8. The van der Waals surface area contributed by atoms with Crippen LogP contribution in [0.5, 0.6) is 0 Å². The van der Waals surface area contributed by atoms with E-state index in [0.29, 0.717) is 17.8 Å². The topological polar surface area (TPSA) is 202 Å². The molecular weight excluding hydrogens is 704 g/mol. The first kappa shape index (κ1) is 40.9. The quantitative estimate of drug-likeness (QED) is 0.107. The highest BCUT2D eigenvalue weighted by Gasteiger charge is 2.26. The standard InChI is InChI=1S/C19H19F2N3O3.C17H17F2N3O4/c1-12(23-17(25)9-13-7-14(20)10-15(21)8-13)19(27)22-11-18(26)24-16-5-3-2-4-6-16;1-9(17(25)22-15(16(20)24)13-3-2-4-26-13)21-14(23)7-10-5-11(18)8-12(19)6-10/h2-8,10,12H,9,11H2,1H3,(H,22,27)(H,23,25)(H,24,26);2-6,8-9,15H,7H2,1H3,(H2,20,24)(H,21,23)(H,22,25)/t12-;9-,15-/m00/s1. The highest BCUT2D eigenvalue weighted by atomic mass is 19.1. The number of hydrogen-bond acceptors (Lipinski definition) is 7. The van der Waals surface area contributed by atoms with Crippen LogP contribution in [0.2, 0.25) is 0 Å². The smallest absolute Gasteiger partial charge is 0.247 e. The van der Waals surface area contributed by atoms with Crippen LogP contribution in [-0.4, -0.2) is 54.1 Å². The summed E-state index contributed by atoms with van der Waals surface area (Å²) in [5, 5.41) is 12.2. The lowest BCUT2D eigenvalue weighted by Crippen LogP contribution is -2.48. The number of primary amides is 1. The zero-order valence-electron chi connectivity index (χ0n) is 28.4. The van der Waals surface area contributed by atoms with Crippen LogP contribution < -0.4 is 32.3 Å². The van der Waals surface area contributed by atoms with Gasteiger partial charge in [0.15, 0.2) is 6.04 Å². The second kappa shape index (κ2) is 19.8. The van der Waals surface area contributed by atoms with Gasteiger partial charge in [-0.15, -0.1) is 0 Å². The van der Waals surface area contributed by atoms with Gasteiger partial charge >= 0.3 is 0 Å². The summed E-state index contributed by atoms with van der Waals surface area (Å²) in [5.41, 5.74) is 6.11. The maximum atomic E-state index is 13.1. The largest absolute Gasteiger partial charge is 0.467 e. The van der Waals surface area contributed by atoms with Gasteiger partial charge in [-0.2, -0.15) is 0 Å². The molecule has 4 rings (SSSR count). The highest BCUT2D eigenvalue weighted by molar-refractivity contribution is 5.96. The van der Waals surface area contributed by atoms with E-state index in [4.69, 9.17) is 10.2 Å². The molecule has 0 aliphatic carbocycles. The van der Waals surface area contributed by atoms with Crippen molar-refractivity contribution in [1.29, 1.82) is 0 Å². The number of anilines is 1. The zero-order chi connectivity index (χ0) is 39.1. The maximum Gasteiger partial charge on any atom is 0.247 e. The van der Waals surface area contributed by atoms with Gasteiger partial charge in [0, 0.05) is 17.8 Å². The minimum absolute atomic E-state index is 0.123. The Morgan fingerprint density at radius 3 is 1.58 bits per heavy atom. The number of hydrogen-bond donors (Lipinski definition) is 6. The Balaban J connectivity index is 0.000000286. The number of halogens is 4. The molecule has 3 aromatic carbocycles. The van der Waals surface area contributed by atoms with Crippen molar-refractivity contribution in [2.75, 3.05) is 11.9 Å². The van der Waals surface area contributed by atoms with Crippen molar-refractivity contribution in [2.24, 2.45) is 5.73 Å². The Morgan fingerprint density at radius 1 is 0.642 bits per heavy atom. The molecule has 17 heteroatoms. The molecule has 0 aliphatic heterocycles. The third kappa shape index (κ3) is 14.3. The normalized spacial score (nSPS) is 12.1. The summed E-state index contributed by atoms with van der Waals surface area (Å²) in [6.45, 7) is 2.57. The lowest BCUT2D eigenvalue weighted by molar-refractivity contribution is -0.131. The molecule has 280 valence electrons. The number of benzene rings is 3. The Bertz CT molecular complexity index is 1870. The van der Waals surface area contributed by atoms with Crippen LogP contribution in [-0.2, 0) is 41.6 Å². The Labute approximate surface area is 300 Å². The summed E-state index contributed by atoms with van der Waals surface area (Å²) < 4.78 is 57.6. The van der Waals surface area contributed by atoms with Crippen LogP contribution in [0.4, 0.5) is 23.2 Å². The molecule has 4 aromatic rings. The van der Waals surface area contributed by atoms with Gasteiger partial charge in [0.25, 0.3) is 0 Å². The number of carbonyl (C=O) groups is 6. The number of amides is 6. The van der Waals surface area contributed by atoms with Gasteiger partial charge in [-0.25, -0.2) is 17.6 Å². The van der Waals surface area contributed by atoms with Gasteiger partial charge in [0.2, 0.25) is 35.4 Å². The lowest BCUT2D eigenvalue weighted by Gasteiger charge is -2.18. The van der Waals surface area contributed by atoms with Crippen molar-refractivity contribution in [1.82, 2.24) is 21.3 Å². The molecule has 0 saturated heterocycles. The van der Waals surface area contributed by atoms with E-state index in [1.165, 1.54) is 32.2 Å². The van der Waals surface area contributed by atoms with Crippen LogP contribution in [0.1, 0.15) is 36.8 Å². The molecule has 0 radical (unpaired) electrons. The minimum Gasteiger partial charge on any atom is -0.467 e. The Kier molecular flexibility index (Phi) is 15.3. The van der Waals surface area contributed by atoms with E-state index in [9.17, 15) is 46.3 Å². The summed E-state index contributed by atoms with van der Waals surface area (Å²) >= 11 is 0. The van der Waals surface area contributed by atoms with Crippen molar-refractivity contribution in [3.05, 3.63) is 125 Å². The van der Waals surface area contributed by atoms with Gasteiger partial charge < -0.3 is 36.7 Å². The molecular formula is C36H36F4N6O7. The van der Waals surface area contributed by atoms with Crippen molar-refractivity contribution in [3.63, 3.8) is 0 Å². The average Bonchev–Trinajstić information content (AvgIpc) is 3.60. The molecule has 6 amide bonds. The first-order chi connectivity index (χ1) is 25.1. The van der Waals surface area contributed by atoms with Crippen LogP contribution >= 0.6 is 0 Å². The van der Waals surface area contributed by atoms with Crippen molar-refractivity contribution >= 4 is 41.1 Å². The number of rotatable bonds is 14. The molecule has 13 nitrogen and oxygen atoms in total. The maximum absolute atomic E-state index is 13.1. The van der Waals surface area contributed by atoms with Crippen LogP contribution in [0.15, 0.2) is 89.5 Å². The van der Waals surface area contributed by atoms with Crippen molar-refractivity contribution in [2.45, 2.75) is 44.8 Å². The molecule has 0 aliphatic rings. The second-order valence-corrected chi connectivity index (χ2v) is 11.5. The van der Waals surface area contributed by atoms with Gasteiger partial charge in [-0.1, -0.05) is 18.2 Å². The molecule has 0 saturated carbocycles. The van der Waals surface area contributed by atoms with E-state index < -0.39 is 76.8 Å². The van der Waals surface area contributed by atoms with Crippen LogP contribution in [0.3, 0.4) is 0 Å². The number of carbonyl (C=O) groups excluding carboxylic acids is 6. The zero-order valence-corrected chi connectivity index (χ0v) is 28.4. The first-order valence-corrected chi connectivity index (χ1v) is 15.8. The molecule has 0 bridgehead atoms. The van der Waals surface area contributed by atoms with Gasteiger partial charge in [0.05, 0.1) is 25.6 Å². The third-order valence-corrected chi connectivity index (χ3v) is 7.00. The monoisotopic (exact) mass is 740 g/mol. The predicted molar refractivity (Wildman–Crippen MR) is 182 cm³/mol. The molecule has 0 unspecified atom stereocenters. The van der Waals surface area contributed by atoms with Gasteiger partial charge in [-0.05, 0) is 73.5 Å². The molecule has 0 spiro atoms. The highest BCUT2D eigenvalue weighted by Crippen LogP contribution is 2.14. The van der Waals surface area contributed by atoms with E-state index in [2.05, 4.69) is 26.6 Å². The van der Waals surface area contributed by atoms with E-state index in [1.807, 2.05) is 0 Å². The Hall–Kier alpha value is -6.52. The number of furan rings is 1. The summed E-state index contributed by atoms with van der Waals surface area (Å²) in [5.74, 6) is -6.70. The summed E-state index contributed by atoms with van der Waals surface area (Å²) in [7, 11) is 0. The number of nitrogens with two attached hydrogens (primary N) is 1. The summed E-state index contributed by atoms with van der Waals surface area (Å²) in [6, 6.07) is 14.1. The fourth-order valence-electron chi connectivity index (χ4n) is 4.57. The van der Waals surface area contributed by atoms with E-state index >= 15 is 0 Å². The fraction of sp³-hybridized carbons (Fsp3) is 0.222. The van der Waals surface area contributed by atoms with Gasteiger partial charge in [0.1, 0.15) is 41.1 Å². The SMILES string of the molecule is C[C@H](NC(=O)Cc1cc(F)cc(F)c1)C(=O)NCC(=O)Nc1ccccc1.C[C@H](NC(=O)Cc1cc(F)cc(F)c1)C(=O)N[C@H](C(N)=O)c1ccco1. The number of nitrogens with one attached hydrogen (secondary N) is 5. The van der Waals surface area contributed by atoms with Crippen LogP contribution in [0, 0.1) is 23.3 Å².